The molecule has 1 aliphatic carbocycles. The molecular weight excluding hydrogens is 150 g/mol. The molecule has 3 nitrogen and oxygen atoms in total. The summed E-state index contributed by atoms with van der Waals surface area (Å²) in [6.45, 7) is 0. The molecular formula is C9H13N3. The van der Waals surface area contributed by atoms with Crippen LogP contribution < -0.4 is 4.90 Å². The fourth-order valence-electron chi connectivity index (χ4n) is 1.73. The monoisotopic (exact) mass is 163 g/mol. The van der Waals surface area contributed by atoms with Gasteiger partial charge in [0, 0.05) is 25.4 Å². The molecule has 0 fully saturated rings. The average molecular weight is 163 g/mol. The second-order valence-corrected chi connectivity index (χ2v) is 3.37. The Kier molecular flexibility index (Phi) is 1.71. The van der Waals surface area contributed by atoms with Gasteiger partial charge >= 0.3 is 0 Å². The van der Waals surface area contributed by atoms with Crippen LogP contribution in [0.15, 0.2) is 6.33 Å². The molecule has 0 radical (unpaired) electrons. The summed E-state index contributed by atoms with van der Waals surface area (Å²) in [7, 11) is 4.06. The van der Waals surface area contributed by atoms with E-state index in [-0.39, 0.29) is 0 Å². The standard InChI is InChI=1S/C9H13N3/c1-12(2)9-7-4-3-5-8(7)10-6-11-9/h6H,3-5H2,1-2H3. The van der Waals surface area contributed by atoms with E-state index >= 15 is 0 Å². The highest BCUT2D eigenvalue weighted by molar-refractivity contribution is 5.48. The van der Waals surface area contributed by atoms with Crippen molar-refractivity contribution in [3.63, 3.8) is 0 Å². The number of hydrogen-bond acceptors (Lipinski definition) is 3. The second kappa shape index (κ2) is 2.73. The van der Waals surface area contributed by atoms with Crippen LogP contribution in [0.25, 0.3) is 0 Å². The van der Waals surface area contributed by atoms with Gasteiger partial charge in [-0.3, -0.25) is 0 Å². The minimum atomic E-state index is 1.09. The van der Waals surface area contributed by atoms with E-state index in [4.69, 9.17) is 0 Å². The van der Waals surface area contributed by atoms with Crippen molar-refractivity contribution in [3.8, 4) is 0 Å². The van der Waals surface area contributed by atoms with Crippen molar-refractivity contribution in [2.24, 2.45) is 0 Å². The molecule has 1 heterocycles. The summed E-state index contributed by atoms with van der Waals surface area (Å²) in [6, 6.07) is 0. The van der Waals surface area contributed by atoms with Crippen molar-refractivity contribution >= 4 is 5.82 Å². The zero-order valence-corrected chi connectivity index (χ0v) is 7.54. The third-order valence-corrected chi connectivity index (χ3v) is 2.28. The van der Waals surface area contributed by atoms with Gasteiger partial charge in [0.2, 0.25) is 0 Å². The number of fused-ring (bicyclic) bond motifs is 1. The van der Waals surface area contributed by atoms with Crippen molar-refractivity contribution in [1.29, 1.82) is 0 Å². The summed E-state index contributed by atoms with van der Waals surface area (Å²) in [4.78, 5) is 10.6. The van der Waals surface area contributed by atoms with Crippen molar-refractivity contribution in [2.45, 2.75) is 19.3 Å². The van der Waals surface area contributed by atoms with Crippen molar-refractivity contribution < 1.29 is 0 Å². The number of hydrogen-bond donors (Lipinski definition) is 0. The highest BCUT2D eigenvalue weighted by Crippen LogP contribution is 2.26. The zero-order chi connectivity index (χ0) is 8.55. The van der Waals surface area contributed by atoms with Crippen LogP contribution in [-0.4, -0.2) is 24.1 Å². The Balaban J connectivity index is 2.49. The van der Waals surface area contributed by atoms with Crippen molar-refractivity contribution in [2.75, 3.05) is 19.0 Å². The summed E-state index contributed by atoms with van der Waals surface area (Å²) < 4.78 is 0. The predicted molar refractivity (Wildman–Crippen MR) is 48.4 cm³/mol. The smallest absolute Gasteiger partial charge is 0.134 e. The van der Waals surface area contributed by atoms with Gasteiger partial charge < -0.3 is 4.90 Å². The zero-order valence-electron chi connectivity index (χ0n) is 7.54. The molecule has 3 heteroatoms. The molecule has 0 atom stereocenters. The van der Waals surface area contributed by atoms with Crippen molar-refractivity contribution in [1.82, 2.24) is 9.97 Å². The molecule has 0 spiro atoms. The second-order valence-electron chi connectivity index (χ2n) is 3.37. The third-order valence-electron chi connectivity index (χ3n) is 2.28. The lowest BCUT2D eigenvalue weighted by atomic mass is 10.2. The lowest BCUT2D eigenvalue weighted by molar-refractivity contribution is 0.898. The van der Waals surface area contributed by atoms with Gasteiger partial charge in [-0.15, -0.1) is 0 Å². The van der Waals surface area contributed by atoms with E-state index in [9.17, 15) is 0 Å². The normalized spacial score (nSPS) is 14.5. The van der Waals surface area contributed by atoms with Crippen LogP contribution >= 0.6 is 0 Å². The molecule has 0 unspecified atom stereocenters. The first-order valence-electron chi connectivity index (χ1n) is 4.29. The summed E-state index contributed by atoms with van der Waals surface area (Å²) in [5.41, 5.74) is 2.59. The molecule has 1 aromatic heterocycles. The number of aromatic nitrogens is 2. The highest BCUT2D eigenvalue weighted by Gasteiger charge is 2.17. The van der Waals surface area contributed by atoms with Gasteiger partial charge in [-0.05, 0) is 19.3 Å². The first-order chi connectivity index (χ1) is 5.79. The molecule has 0 aliphatic heterocycles. The minimum absolute atomic E-state index is 1.09. The fraction of sp³-hybridized carbons (Fsp3) is 0.556. The molecule has 64 valence electrons. The van der Waals surface area contributed by atoms with E-state index in [0.29, 0.717) is 0 Å². The fourth-order valence-corrected chi connectivity index (χ4v) is 1.73. The SMILES string of the molecule is CN(C)c1ncnc2c1CCC2. The lowest BCUT2D eigenvalue weighted by Crippen LogP contribution is -2.13. The van der Waals surface area contributed by atoms with Gasteiger partial charge in [0.1, 0.15) is 12.1 Å². The van der Waals surface area contributed by atoms with E-state index in [2.05, 4.69) is 14.9 Å². The third kappa shape index (κ3) is 1.05. The van der Waals surface area contributed by atoms with Gasteiger partial charge in [0.15, 0.2) is 0 Å². The molecule has 2 rings (SSSR count). The first kappa shape index (κ1) is 7.53. The van der Waals surface area contributed by atoms with Gasteiger partial charge in [-0.1, -0.05) is 0 Å². The molecule has 0 aromatic carbocycles. The molecule has 0 bridgehead atoms. The molecule has 12 heavy (non-hydrogen) atoms. The summed E-state index contributed by atoms with van der Waals surface area (Å²) in [5, 5.41) is 0. The van der Waals surface area contributed by atoms with E-state index in [0.717, 1.165) is 18.7 Å². The summed E-state index contributed by atoms with van der Waals surface area (Å²) in [5.74, 6) is 1.09. The number of anilines is 1. The predicted octanol–water partition coefficient (Wildman–Crippen LogP) is 1.03. The first-order valence-corrected chi connectivity index (χ1v) is 4.29. The van der Waals surface area contributed by atoms with Crippen molar-refractivity contribution in [3.05, 3.63) is 17.6 Å². The van der Waals surface area contributed by atoms with Crippen LogP contribution in [0.3, 0.4) is 0 Å². The Morgan fingerprint density at radius 1 is 1.25 bits per heavy atom. The van der Waals surface area contributed by atoms with Crippen LogP contribution in [-0.2, 0) is 12.8 Å². The lowest BCUT2D eigenvalue weighted by Gasteiger charge is -2.14. The molecule has 0 amide bonds. The molecule has 1 aromatic rings. The number of nitrogens with zero attached hydrogens (tertiary/aromatic N) is 3. The van der Waals surface area contributed by atoms with Gasteiger partial charge in [-0.25, -0.2) is 9.97 Å². The maximum Gasteiger partial charge on any atom is 0.134 e. The largest absolute Gasteiger partial charge is 0.362 e. The van der Waals surface area contributed by atoms with E-state index in [1.807, 2.05) is 14.1 Å². The molecule has 0 saturated carbocycles. The number of aryl methyl sites for hydroxylation is 1. The maximum atomic E-state index is 4.26. The van der Waals surface area contributed by atoms with Gasteiger partial charge in [0.05, 0.1) is 0 Å². The maximum absolute atomic E-state index is 4.26. The van der Waals surface area contributed by atoms with E-state index in [1.165, 1.54) is 17.7 Å². The quantitative estimate of drug-likeness (QED) is 0.619. The summed E-state index contributed by atoms with van der Waals surface area (Å²) >= 11 is 0. The Labute approximate surface area is 72.4 Å². The van der Waals surface area contributed by atoms with E-state index < -0.39 is 0 Å². The van der Waals surface area contributed by atoms with Gasteiger partial charge in [0.25, 0.3) is 0 Å². The van der Waals surface area contributed by atoms with Gasteiger partial charge in [-0.2, -0.15) is 0 Å². The molecule has 0 N–H and O–H groups in total. The number of rotatable bonds is 1. The summed E-state index contributed by atoms with van der Waals surface area (Å²) in [6.07, 6.45) is 5.16. The Bertz CT molecular complexity index is 294. The Hall–Kier alpha value is -1.12. The minimum Gasteiger partial charge on any atom is -0.362 e. The van der Waals surface area contributed by atoms with E-state index in [1.54, 1.807) is 6.33 Å². The molecule has 0 saturated heterocycles. The van der Waals surface area contributed by atoms with Crippen LogP contribution in [0.1, 0.15) is 17.7 Å². The van der Waals surface area contributed by atoms with Crippen LogP contribution in [0.5, 0.6) is 0 Å². The van der Waals surface area contributed by atoms with Crippen LogP contribution in [0.2, 0.25) is 0 Å². The Morgan fingerprint density at radius 3 is 2.83 bits per heavy atom. The highest BCUT2D eigenvalue weighted by atomic mass is 15.1. The average Bonchev–Trinajstić information content (AvgIpc) is 2.49. The Morgan fingerprint density at radius 2 is 2.08 bits per heavy atom. The van der Waals surface area contributed by atoms with Crippen LogP contribution in [0.4, 0.5) is 5.82 Å². The van der Waals surface area contributed by atoms with Crippen LogP contribution in [0, 0.1) is 0 Å². The molecule has 1 aliphatic rings. The topological polar surface area (TPSA) is 29.0 Å².